The molecule has 0 saturated carbocycles. The van der Waals surface area contributed by atoms with Gasteiger partial charge in [0.25, 0.3) is 0 Å². The van der Waals surface area contributed by atoms with Gasteiger partial charge in [-0.25, -0.2) is 4.79 Å². The second-order valence-corrected chi connectivity index (χ2v) is 3.37. The van der Waals surface area contributed by atoms with E-state index in [4.69, 9.17) is 4.74 Å². The van der Waals surface area contributed by atoms with E-state index in [1.165, 1.54) is 0 Å². The normalized spacial score (nSPS) is 9.21. The number of nitrogens with one attached hydrogen (secondary N) is 1. The van der Waals surface area contributed by atoms with Crippen molar-refractivity contribution in [2.24, 2.45) is 0 Å². The lowest BCUT2D eigenvalue weighted by Crippen LogP contribution is -1.96. The van der Waals surface area contributed by atoms with Crippen LogP contribution in [0.1, 0.15) is 5.56 Å². The van der Waals surface area contributed by atoms with E-state index < -0.39 is 0 Å². The summed E-state index contributed by atoms with van der Waals surface area (Å²) < 4.78 is 4.45. The van der Waals surface area contributed by atoms with E-state index in [9.17, 15) is 9.59 Å². The van der Waals surface area contributed by atoms with Crippen molar-refractivity contribution in [1.29, 1.82) is 0 Å². The van der Waals surface area contributed by atoms with E-state index in [0.717, 1.165) is 5.56 Å². The highest BCUT2D eigenvalue weighted by Crippen LogP contribution is 2.10. The van der Waals surface area contributed by atoms with Crippen molar-refractivity contribution in [3.63, 3.8) is 0 Å². The van der Waals surface area contributed by atoms with Gasteiger partial charge in [0.2, 0.25) is 6.41 Å². The summed E-state index contributed by atoms with van der Waals surface area (Å²) >= 11 is 1.57. The Hall–Kier alpha value is -1.11. The van der Waals surface area contributed by atoms with E-state index in [2.05, 4.69) is 5.32 Å². The minimum absolute atomic E-state index is 0.253. The van der Waals surface area contributed by atoms with Gasteiger partial charge in [-0.2, -0.15) is 0 Å². The Morgan fingerprint density at radius 1 is 1.43 bits per heavy atom. The zero-order valence-corrected chi connectivity index (χ0v) is 9.35. The molecule has 4 nitrogen and oxygen atoms in total. The number of carbonyl (C=O) groups excluding carboxylic acids is 2. The van der Waals surface area contributed by atoms with Crippen LogP contribution in [-0.2, 0) is 16.1 Å². The van der Waals surface area contributed by atoms with Crippen LogP contribution >= 0.6 is 22.6 Å². The van der Waals surface area contributed by atoms with Gasteiger partial charge in [0.05, 0.1) is 22.6 Å². The standard InChI is InChI=1S/C9H8INO3/c10-9(13)14-5-7-1-3-8(4-2-7)11-6-12/h1-4,6H,5H2,(H,11,12). The molecule has 14 heavy (non-hydrogen) atoms. The highest BCUT2D eigenvalue weighted by Gasteiger charge is 1.97. The summed E-state index contributed by atoms with van der Waals surface area (Å²) in [5.41, 5.74) is 1.59. The maximum absolute atomic E-state index is 10.5. The fourth-order valence-electron chi connectivity index (χ4n) is 0.905. The van der Waals surface area contributed by atoms with Crippen molar-refractivity contribution in [3.05, 3.63) is 29.8 Å². The third-order valence-corrected chi connectivity index (χ3v) is 1.84. The Morgan fingerprint density at radius 2 is 2.07 bits per heavy atom. The molecule has 0 saturated heterocycles. The highest BCUT2D eigenvalue weighted by atomic mass is 127. The Morgan fingerprint density at radius 3 is 2.57 bits per heavy atom. The molecular formula is C9H8INO3. The monoisotopic (exact) mass is 305 g/mol. The van der Waals surface area contributed by atoms with E-state index in [1.807, 2.05) is 0 Å². The van der Waals surface area contributed by atoms with Crippen LogP contribution in [0, 0.1) is 0 Å². The lowest BCUT2D eigenvalue weighted by atomic mass is 10.2. The fourth-order valence-corrected chi connectivity index (χ4v) is 1.06. The van der Waals surface area contributed by atoms with Gasteiger partial charge in [-0.05, 0) is 17.7 Å². The summed E-state index contributed by atoms with van der Waals surface area (Å²) in [7, 11) is 0. The quantitative estimate of drug-likeness (QED) is 0.528. The number of benzene rings is 1. The van der Waals surface area contributed by atoms with Crippen molar-refractivity contribution in [2.45, 2.75) is 6.61 Å². The largest absolute Gasteiger partial charge is 0.453 e. The van der Waals surface area contributed by atoms with Crippen molar-refractivity contribution < 1.29 is 14.3 Å². The first-order valence-corrected chi connectivity index (χ1v) is 4.91. The average Bonchev–Trinajstić information content (AvgIpc) is 2.17. The second kappa shape index (κ2) is 5.58. The maximum atomic E-state index is 10.5. The van der Waals surface area contributed by atoms with Gasteiger partial charge < -0.3 is 10.1 Å². The van der Waals surface area contributed by atoms with Crippen molar-refractivity contribution in [3.8, 4) is 0 Å². The van der Waals surface area contributed by atoms with Crippen LogP contribution in [0.25, 0.3) is 0 Å². The minimum Gasteiger partial charge on any atom is -0.453 e. The SMILES string of the molecule is O=CNc1ccc(COC(=O)I)cc1. The highest BCUT2D eigenvalue weighted by molar-refractivity contribution is 14.1. The first-order valence-electron chi connectivity index (χ1n) is 3.84. The molecule has 0 aliphatic carbocycles. The molecule has 1 aromatic carbocycles. The van der Waals surface area contributed by atoms with Crippen LogP contribution in [0.4, 0.5) is 10.5 Å². The summed E-state index contributed by atoms with van der Waals surface area (Å²) in [6.07, 6.45) is 0.611. The third-order valence-electron chi connectivity index (χ3n) is 1.53. The van der Waals surface area contributed by atoms with Crippen LogP contribution < -0.4 is 5.32 Å². The molecule has 1 rings (SSSR count). The number of rotatable bonds is 4. The Labute approximate surface area is 94.8 Å². The lowest BCUT2D eigenvalue weighted by molar-refractivity contribution is -0.105. The smallest absolute Gasteiger partial charge is 0.367 e. The van der Waals surface area contributed by atoms with E-state index in [0.29, 0.717) is 12.1 Å². The predicted octanol–water partition coefficient (Wildman–Crippen LogP) is 2.33. The maximum Gasteiger partial charge on any atom is 0.367 e. The van der Waals surface area contributed by atoms with Crippen LogP contribution in [0.15, 0.2) is 24.3 Å². The molecule has 1 amide bonds. The number of carbonyl (C=O) groups is 2. The summed E-state index contributed by atoms with van der Waals surface area (Å²) in [6, 6.07) is 7.05. The minimum atomic E-state index is -0.335. The summed E-state index contributed by atoms with van der Waals surface area (Å²) in [5, 5.41) is 2.51. The molecule has 0 aliphatic rings. The third kappa shape index (κ3) is 3.73. The molecule has 5 heteroatoms. The lowest BCUT2D eigenvalue weighted by Gasteiger charge is -2.02. The molecule has 74 valence electrons. The average molecular weight is 305 g/mol. The number of halogens is 1. The number of anilines is 1. The fraction of sp³-hybridized carbons (Fsp3) is 0.111. The topological polar surface area (TPSA) is 55.4 Å². The number of ether oxygens (including phenoxy) is 1. The van der Waals surface area contributed by atoms with Crippen LogP contribution in [0.2, 0.25) is 0 Å². The van der Waals surface area contributed by atoms with Crippen molar-refractivity contribution in [1.82, 2.24) is 0 Å². The Bertz CT molecular complexity index is 323. The van der Waals surface area contributed by atoms with Gasteiger partial charge in [0.15, 0.2) is 0 Å². The van der Waals surface area contributed by atoms with Gasteiger partial charge in [-0.3, -0.25) is 4.79 Å². The van der Waals surface area contributed by atoms with Crippen molar-refractivity contribution in [2.75, 3.05) is 5.32 Å². The molecule has 0 spiro atoms. The first-order chi connectivity index (χ1) is 6.72. The number of hydrogen-bond acceptors (Lipinski definition) is 3. The van der Waals surface area contributed by atoms with Gasteiger partial charge in [-0.15, -0.1) is 0 Å². The molecule has 0 fully saturated rings. The molecule has 0 aliphatic heterocycles. The van der Waals surface area contributed by atoms with Gasteiger partial charge in [0, 0.05) is 5.69 Å². The zero-order chi connectivity index (χ0) is 10.4. The number of hydrogen-bond donors (Lipinski definition) is 1. The second-order valence-electron chi connectivity index (χ2n) is 2.49. The molecule has 0 heterocycles. The predicted molar refractivity (Wildman–Crippen MR) is 60.3 cm³/mol. The molecule has 1 aromatic rings. The molecule has 0 unspecified atom stereocenters. The molecule has 0 bridgehead atoms. The van der Waals surface area contributed by atoms with E-state index in [1.54, 1.807) is 46.9 Å². The molecule has 0 atom stereocenters. The molecule has 0 radical (unpaired) electrons. The number of amides is 1. The summed E-state index contributed by atoms with van der Waals surface area (Å²) in [6.45, 7) is 0.253. The van der Waals surface area contributed by atoms with Crippen molar-refractivity contribution >= 4 is 38.7 Å². The van der Waals surface area contributed by atoms with Crippen LogP contribution in [0.5, 0.6) is 0 Å². The van der Waals surface area contributed by atoms with Gasteiger partial charge in [0.1, 0.15) is 6.61 Å². The van der Waals surface area contributed by atoms with Crippen LogP contribution in [-0.4, -0.2) is 10.4 Å². The first kappa shape index (κ1) is 11.0. The van der Waals surface area contributed by atoms with E-state index in [-0.39, 0.29) is 10.6 Å². The van der Waals surface area contributed by atoms with E-state index >= 15 is 0 Å². The molecular weight excluding hydrogens is 297 g/mol. The Kier molecular flexibility index (Phi) is 4.37. The molecule has 1 N–H and O–H groups in total. The van der Waals surface area contributed by atoms with Gasteiger partial charge in [-0.1, -0.05) is 12.1 Å². The zero-order valence-electron chi connectivity index (χ0n) is 7.20. The van der Waals surface area contributed by atoms with Crippen LogP contribution in [0.3, 0.4) is 0 Å². The van der Waals surface area contributed by atoms with Gasteiger partial charge >= 0.3 is 3.98 Å². The Balaban J connectivity index is 2.54. The molecule has 0 aromatic heterocycles. The summed E-state index contributed by atoms with van der Waals surface area (Å²) in [5.74, 6) is 0. The summed E-state index contributed by atoms with van der Waals surface area (Å²) in [4.78, 5) is 20.6.